The Kier molecular flexibility index (Phi) is 5.36. The van der Waals surface area contributed by atoms with Crippen LogP contribution in [-0.2, 0) is 5.41 Å². The van der Waals surface area contributed by atoms with Gasteiger partial charge < -0.3 is 9.84 Å². The number of aryl methyl sites for hydroxylation is 2. The lowest BCUT2D eigenvalue weighted by molar-refractivity contribution is 0.372. The number of benzene rings is 4. The number of phenols is 1. The van der Waals surface area contributed by atoms with Crippen molar-refractivity contribution >= 4 is 10.8 Å². The van der Waals surface area contributed by atoms with Crippen molar-refractivity contribution in [2.75, 3.05) is 7.11 Å². The summed E-state index contributed by atoms with van der Waals surface area (Å²) in [5.41, 5.74) is 10.2. The van der Waals surface area contributed by atoms with Crippen LogP contribution >= 0.6 is 0 Å². The van der Waals surface area contributed by atoms with Gasteiger partial charge in [-0.25, -0.2) is 0 Å². The zero-order valence-corrected chi connectivity index (χ0v) is 21.1. The van der Waals surface area contributed by atoms with Gasteiger partial charge >= 0.3 is 0 Å². The first-order valence-electron chi connectivity index (χ1n) is 13.1. The topological polar surface area (TPSA) is 29.5 Å². The molecule has 2 nitrogen and oxygen atoms in total. The van der Waals surface area contributed by atoms with Crippen LogP contribution in [0.25, 0.3) is 33.0 Å². The Morgan fingerprint density at radius 1 is 0.686 bits per heavy atom. The van der Waals surface area contributed by atoms with Gasteiger partial charge in [0.25, 0.3) is 0 Å². The predicted molar refractivity (Wildman–Crippen MR) is 146 cm³/mol. The van der Waals surface area contributed by atoms with Crippen LogP contribution in [0.3, 0.4) is 0 Å². The number of aromatic hydroxyl groups is 1. The smallest absolute Gasteiger partial charge is 0.127 e. The van der Waals surface area contributed by atoms with Gasteiger partial charge in [0.05, 0.1) is 7.11 Å². The lowest BCUT2D eigenvalue weighted by Crippen LogP contribution is -2.26. The molecule has 35 heavy (non-hydrogen) atoms. The molecule has 4 aromatic carbocycles. The summed E-state index contributed by atoms with van der Waals surface area (Å²) in [5.74, 6) is 1.15. The summed E-state index contributed by atoms with van der Waals surface area (Å²) in [6.07, 6.45) is 8.72. The van der Waals surface area contributed by atoms with Crippen LogP contribution in [0.5, 0.6) is 11.5 Å². The van der Waals surface area contributed by atoms with E-state index >= 15 is 0 Å². The molecule has 4 aromatic rings. The number of rotatable bonds is 2. The molecule has 6 rings (SSSR count). The van der Waals surface area contributed by atoms with E-state index in [4.69, 9.17) is 4.74 Å². The fourth-order valence-corrected chi connectivity index (χ4v) is 6.69. The molecule has 1 spiro atoms. The summed E-state index contributed by atoms with van der Waals surface area (Å²) < 4.78 is 5.83. The SMILES string of the molecule is COc1cc2c(O)cc3c(c2cc1-c1ccc(C)cc1)-c1ccc(C)cc1C31CCCCCCC1. The van der Waals surface area contributed by atoms with E-state index in [1.54, 1.807) is 7.11 Å². The monoisotopic (exact) mass is 462 g/mol. The molecular weight excluding hydrogens is 428 g/mol. The number of hydrogen-bond donors (Lipinski definition) is 1. The molecule has 0 amide bonds. The number of phenolic OH excluding ortho intramolecular Hbond substituents is 1. The number of ether oxygens (including phenoxy) is 1. The van der Waals surface area contributed by atoms with E-state index in [0.717, 1.165) is 40.5 Å². The second kappa shape index (κ2) is 8.45. The molecule has 0 radical (unpaired) electrons. The molecule has 0 saturated heterocycles. The average Bonchev–Trinajstić information content (AvgIpc) is 3.10. The van der Waals surface area contributed by atoms with Gasteiger partial charge in [-0.15, -0.1) is 0 Å². The van der Waals surface area contributed by atoms with Gasteiger partial charge in [0.1, 0.15) is 11.5 Å². The first-order chi connectivity index (χ1) is 17.0. The third-order valence-corrected chi connectivity index (χ3v) is 8.48. The second-order valence-corrected chi connectivity index (χ2v) is 10.7. The first kappa shape index (κ1) is 22.2. The van der Waals surface area contributed by atoms with Crippen molar-refractivity contribution in [1.29, 1.82) is 0 Å². The first-order valence-corrected chi connectivity index (χ1v) is 13.1. The Morgan fingerprint density at radius 2 is 1.37 bits per heavy atom. The highest BCUT2D eigenvalue weighted by Crippen LogP contribution is 2.58. The minimum Gasteiger partial charge on any atom is -0.507 e. The lowest BCUT2D eigenvalue weighted by Gasteiger charge is -2.34. The largest absolute Gasteiger partial charge is 0.507 e. The average molecular weight is 463 g/mol. The van der Waals surface area contributed by atoms with Crippen LogP contribution in [0.2, 0.25) is 0 Å². The maximum absolute atomic E-state index is 11.4. The van der Waals surface area contributed by atoms with Crippen molar-refractivity contribution in [3.05, 3.63) is 82.9 Å². The minimum absolute atomic E-state index is 0.00722. The van der Waals surface area contributed by atoms with Gasteiger partial charge in [-0.3, -0.25) is 0 Å². The summed E-state index contributed by atoms with van der Waals surface area (Å²) in [7, 11) is 1.71. The summed E-state index contributed by atoms with van der Waals surface area (Å²) in [6.45, 7) is 4.31. The third kappa shape index (κ3) is 3.45. The Balaban J connectivity index is 1.68. The second-order valence-electron chi connectivity index (χ2n) is 10.7. The van der Waals surface area contributed by atoms with Crippen LogP contribution in [0.1, 0.15) is 67.2 Å². The van der Waals surface area contributed by atoms with E-state index < -0.39 is 0 Å². The Morgan fingerprint density at radius 3 is 2.09 bits per heavy atom. The Labute approximate surface area is 208 Å². The van der Waals surface area contributed by atoms with Gasteiger partial charge in [0.2, 0.25) is 0 Å². The highest BCUT2D eigenvalue weighted by Gasteiger charge is 2.44. The molecule has 2 heteroatoms. The minimum atomic E-state index is -0.00722. The van der Waals surface area contributed by atoms with E-state index in [1.807, 2.05) is 6.07 Å². The molecule has 1 N–H and O–H groups in total. The summed E-state index contributed by atoms with van der Waals surface area (Å²) in [4.78, 5) is 0. The van der Waals surface area contributed by atoms with Crippen molar-refractivity contribution < 1.29 is 9.84 Å². The third-order valence-electron chi connectivity index (χ3n) is 8.48. The van der Waals surface area contributed by atoms with Gasteiger partial charge in [-0.05, 0) is 78.1 Å². The van der Waals surface area contributed by atoms with Crippen LogP contribution < -0.4 is 4.74 Å². The van der Waals surface area contributed by atoms with Crippen LogP contribution in [0.4, 0.5) is 0 Å². The number of methoxy groups -OCH3 is 1. The van der Waals surface area contributed by atoms with Crippen molar-refractivity contribution in [1.82, 2.24) is 0 Å². The van der Waals surface area contributed by atoms with Gasteiger partial charge in [0, 0.05) is 16.4 Å². The molecule has 178 valence electrons. The van der Waals surface area contributed by atoms with Crippen molar-refractivity contribution in [3.8, 4) is 33.8 Å². The summed E-state index contributed by atoms with van der Waals surface area (Å²) in [5, 5.41) is 13.4. The van der Waals surface area contributed by atoms with E-state index in [0.29, 0.717) is 5.75 Å². The molecule has 0 bridgehead atoms. The van der Waals surface area contributed by atoms with E-state index in [9.17, 15) is 5.11 Å². The number of fused-ring (bicyclic) bond motifs is 7. The standard InChI is InChI=1S/C33H34O2/c1-21-9-12-23(13-10-21)25-18-27-26(19-31(25)35-3)30(34)20-29-32(27)24-14-11-22(2)17-28(24)33(29)15-7-5-4-6-8-16-33/h9-14,17-20,34H,4-8,15-16H2,1-3H3. The molecule has 1 saturated carbocycles. The van der Waals surface area contributed by atoms with Gasteiger partial charge in [-0.1, -0.05) is 85.7 Å². The van der Waals surface area contributed by atoms with Crippen LogP contribution in [0, 0.1) is 13.8 Å². The normalized spacial score (nSPS) is 16.5. The summed E-state index contributed by atoms with van der Waals surface area (Å²) >= 11 is 0. The predicted octanol–water partition coefficient (Wildman–Crippen LogP) is 8.85. The highest BCUT2D eigenvalue weighted by molar-refractivity contribution is 6.07. The molecule has 2 aliphatic rings. The highest BCUT2D eigenvalue weighted by atomic mass is 16.5. The van der Waals surface area contributed by atoms with Crippen molar-refractivity contribution in [3.63, 3.8) is 0 Å². The molecule has 0 heterocycles. The maximum atomic E-state index is 11.4. The fraction of sp³-hybridized carbons (Fsp3) is 0.333. The van der Waals surface area contributed by atoms with Crippen LogP contribution in [-0.4, -0.2) is 12.2 Å². The zero-order valence-electron chi connectivity index (χ0n) is 21.1. The maximum Gasteiger partial charge on any atom is 0.127 e. The molecule has 2 aliphatic carbocycles. The molecule has 0 atom stereocenters. The Hall–Kier alpha value is -3.26. The Bertz CT molecular complexity index is 1420. The van der Waals surface area contributed by atoms with E-state index in [-0.39, 0.29) is 5.41 Å². The quantitative estimate of drug-likeness (QED) is 0.322. The van der Waals surface area contributed by atoms with Gasteiger partial charge in [0.15, 0.2) is 0 Å². The van der Waals surface area contributed by atoms with Crippen LogP contribution in [0.15, 0.2) is 60.7 Å². The molecular formula is C33H34O2. The lowest BCUT2D eigenvalue weighted by atomic mass is 9.69. The molecule has 0 unspecified atom stereocenters. The molecule has 1 fully saturated rings. The van der Waals surface area contributed by atoms with E-state index in [2.05, 4.69) is 68.4 Å². The van der Waals surface area contributed by atoms with Gasteiger partial charge in [-0.2, -0.15) is 0 Å². The van der Waals surface area contributed by atoms with Crippen molar-refractivity contribution in [2.24, 2.45) is 0 Å². The van der Waals surface area contributed by atoms with Crippen molar-refractivity contribution in [2.45, 2.75) is 64.2 Å². The van der Waals surface area contributed by atoms with E-state index in [1.165, 1.54) is 65.5 Å². The zero-order chi connectivity index (χ0) is 24.2. The fourth-order valence-electron chi connectivity index (χ4n) is 6.69. The molecule has 0 aromatic heterocycles. The molecule has 0 aliphatic heterocycles. The number of hydrogen-bond acceptors (Lipinski definition) is 2. The summed E-state index contributed by atoms with van der Waals surface area (Å²) in [6, 6.07) is 22.0.